The highest BCUT2D eigenvalue weighted by Gasteiger charge is 2.58. The zero-order valence-corrected chi connectivity index (χ0v) is 39.6. The number of aliphatic hydroxyl groups excluding tert-OH is 1. The first kappa shape index (κ1) is 52.8. The summed E-state index contributed by atoms with van der Waals surface area (Å²) in [5.74, 6) is -6.21. The first-order chi connectivity index (χ1) is 31.4. The fraction of sp³-hybridized carbons (Fsp3) is 0.638. The number of halogens is 3. The molecule has 0 unspecified atom stereocenters. The summed E-state index contributed by atoms with van der Waals surface area (Å²) in [5, 5.41) is 17.2. The van der Waals surface area contributed by atoms with Crippen molar-refractivity contribution in [2.24, 2.45) is 23.7 Å². The Morgan fingerprint density at radius 2 is 1.78 bits per heavy atom. The van der Waals surface area contributed by atoms with Gasteiger partial charge in [-0.05, 0) is 84.3 Å². The van der Waals surface area contributed by atoms with Crippen molar-refractivity contribution in [2.45, 2.75) is 147 Å². The zero-order chi connectivity index (χ0) is 49.6. The second-order valence-corrected chi connectivity index (χ2v) is 18.6. The van der Waals surface area contributed by atoms with Crippen LogP contribution >= 0.6 is 0 Å². The maximum absolute atomic E-state index is 14.7. The van der Waals surface area contributed by atoms with Crippen molar-refractivity contribution in [3.63, 3.8) is 0 Å². The first-order valence-electron chi connectivity index (χ1n) is 22.5. The Morgan fingerprint density at radius 1 is 1.06 bits per heavy atom. The molecule has 370 valence electrons. The number of cyclic esters (lactones) is 1. The van der Waals surface area contributed by atoms with Gasteiger partial charge in [0.1, 0.15) is 41.5 Å². The number of nitrogens with one attached hydrogen (secondary N) is 2. The van der Waals surface area contributed by atoms with Gasteiger partial charge in [-0.25, -0.2) is 9.59 Å². The van der Waals surface area contributed by atoms with E-state index < -0.39 is 120 Å². The van der Waals surface area contributed by atoms with Crippen LogP contribution in [0, 0.1) is 23.7 Å². The Morgan fingerprint density at radius 3 is 2.39 bits per heavy atom. The minimum atomic E-state index is -4.62. The molecule has 67 heavy (non-hydrogen) atoms. The summed E-state index contributed by atoms with van der Waals surface area (Å²) >= 11 is 0. The van der Waals surface area contributed by atoms with Crippen LogP contribution in [0.5, 0.6) is 0 Å². The van der Waals surface area contributed by atoms with Crippen molar-refractivity contribution < 1.29 is 70.7 Å². The molecule has 5 heterocycles. The number of ketones is 1. The number of aliphatic hydroxyl groups is 1. The molecule has 2 aromatic rings. The SMILES string of the molecule is CC[C@H]1OC(=O)[C@H](C)[C@@H](OC(=O)Cc2cccnc2)[C@H](C)[C@@H](O[C@@H]2O[C@H](C)C[C@H](N(C)C)[C@H]2O)[C@](C)(OC(=O)NC/C=C/c2ccc(C(F)(F)F)nc2)C[C@@H](C)C(=O)[C@H](C)[C@H]2NC(=O)O[C@@]21C. The van der Waals surface area contributed by atoms with Crippen LogP contribution in [0.3, 0.4) is 0 Å². The molecule has 2 aromatic heterocycles. The van der Waals surface area contributed by atoms with Gasteiger partial charge >= 0.3 is 30.3 Å². The number of hydrogen-bond donors (Lipinski definition) is 3. The molecule has 0 aliphatic carbocycles. The second-order valence-electron chi connectivity index (χ2n) is 18.6. The van der Waals surface area contributed by atoms with Gasteiger partial charge in [-0.15, -0.1) is 0 Å². The molecule has 0 aromatic carbocycles. The van der Waals surface area contributed by atoms with Gasteiger partial charge in [0.15, 0.2) is 11.9 Å². The molecule has 0 spiro atoms. The van der Waals surface area contributed by atoms with Gasteiger partial charge < -0.3 is 49.1 Å². The van der Waals surface area contributed by atoms with E-state index in [1.165, 1.54) is 38.3 Å². The van der Waals surface area contributed by atoms with Crippen molar-refractivity contribution in [1.29, 1.82) is 0 Å². The van der Waals surface area contributed by atoms with Crippen molar-refractivity contribution in [2.75, 3.05) is 20.6 Å². The number of hydrogen-bond acceptors (Lipinski definition) is 15. The minimum absolute atomic E-state index is 0.170. The fourth-order valence-electron chi connectivity index (χ4n) is 9.55. The number of amides is 2. The van der Waals surface area contributed by atoms with E-state index in [0.717, 1.165) is 12.3 Å². The van der Waals surface area contributed by atoms with Gasteiger partial charge in [0.25, 0.3) is 0 Å². The number of carbonyl (C=O) groups is 5. The summed E-state index contributed by atoms with van der Waals surface area (Å²) in [6.45, 7) is 12.8. The highest BCUT2D eigenvalue weighted by atomic mass is 19.4. The lowest BCUT2D eigenvalue weighted by atomic mass is 9.73. The quantitative estimate of drug-likeness (QED) is 0.183. The number of likely N-dealkylation sites (N-methyl/N-ethyl adjacent to an activating group) is 1. The van der Waals surface area contributed by atoms with E-state index in [1.807, 2.05) is 4.90 Å². The summed E-state index contributed by atoms with van der Waals surface area (Å²) < 4.78 is 76.8. The maximum Gasteiger partial charge on any atom is 0.433 e. The molecule has 5 rings (SSSR count). The molecule has 3 fully saturated rings. The molecule has 3 saturated heterocycles. The molecule has 3 aliphatic heterocycles. The van der Waals surface area contributed by atoms with Crippen molar-refractivity contribution in [3.05, 3.63) is 65.8 Å². The average molecular weight is 948 g/mol. The van der Waals surface area contributed by atoms with Crippen molar-refractivity contribution in [3.8, 4) is 0 Å². The standard InChI is InChI=1S/C47H64F3N5O12/c1-11-34-46(8)39(54-44(61)67-46)27(4)36(57)25(2)22-45(7,66-43(60)52-19-13-14-30-16-17-33(53-24-30)47(48,49)50)40(65-42-37(58)32(55(9)10)20-26(3)62-42)28(5)38(29(6)41(59)63-34)64-35(56)21-31-15-12-18-51-23-31/h12-18,23-29,32,34,37-40,42,58H,11,19-22H2,1-10H3,(H,52,60)(H,54,61)/b14-13+/t25-,26-,27+,28+,29-,32+,34-,37-,38+,39-,40-,42+,45-,46-/m1/s1. The zero-order valence-electron chi connectivity index (χ0n) is 39.6. The van der Waals surface area contributed by atoms with Gasteiger partial charge in [-0.1, -0.05) is 52.0 Å². The van der Waals surface area contributed by atoms with Crippen molar-refractivity contribution >= 4 is 36.0 Å². The Hall–Kier alpha value is -5.18. The lowest BCUT2D eigenvalue weighted by Crippen LogP contribution is -2.61. The number of Topliss-reactive ketones (excluding diaryl/α,β-unsaturated/α-hetero) is 1. The maximum atomic E-state index is 14.7. The van der Waals surface area contributed by atoms with Gasteiger partial charge in [0.2, 0.25) is 0 Å². The molecule has 20 heteroatoms. The predicted molar refractivity (Wildman–Crippen MR) is 235 cm³/mol. The van der Waals surface area contributed by atoms with Gasteiger partial charge in [-0.3, -0.25) is 24.4 Å². The highest BCUT2D eigenvalue weighted by molar-refractivity contribution is 5.85. The summed E-state index contributed by atoms with van der Waals surface area (Å²) in [4.78, 5) is 79.4. The summed E-state index contributed by atoms with van der Waals surface area (Å²) in [7, 11) is 3.58. The molecule has 14 atom stereocenters. The van der Waals surface area contributed by atoms with Crippen LogP contribution in [0.2, 0.25) is 0 Å². The smallest absolute Gasteiger partial charge is 0.433 e. The van der Waals surface area contributed by atoms with Crippen LogP contribution in [0.25, 0.3) is 6.08 Å². The van der Waals surface area contributed by atoms with Crippen LogP contribution in [0.1, 0.15) is 91.5 Å². The number of alkyl carbamates (subject to hydrolysis) is 2. The third-order valence-electron chi connectivity index (χ3n) is 13.1. The van der Waals surface area contributed by atoms with Crippen LogP contribution < -0.4 is 10.6 Å². The van der Waals surface area contributed by atoms with E-state index in [4.69, 9.17) is 28.4 Å². The number of alkyl halides is 3. The number of aromatic nitrogens is 2. The number of pyridine rings is 2. The molecule has 0 bridgehead atoms. The molecule has 0 radical (unpaired) electrons. The molecular weight excluding hydrogens is 884 g/mol. The third-order valence-corrected chi connectivity index (χ3v) is 13.1. The lowest BCUT2D eigenvalue weighted by molar-refractivity contribution is -0.298. The van der Waals surface area contributed by atoms with E-state index in [9.17, 15) is 42.3 Å². The largest absolute Gasteiger partial charge is 0.461 e. The van der Waals surface area contributed by atoms with E-state index >= 15 is 0 Å². The second kappa shape index (κ2) is 21.8. The molecule has 3 aliphatic rings. The van der Waals surface area contributed by atoms with E-state index in [-0.39, 0.29) is 31.6 Å². The third kappa shape index (κ3) is 12.7. The van der Waals surface area contributed by atoms with Crippen LogP contribution in [-0.4, -0.2) is 131 Å². The number of esters is 2. The van der Waals surface area contributed by atoms with Crippen LogP contribution in [-0.2, 0) is 55.4 Å². The lowest BCUT2D eigenvalue weighted by Gasteiger charge is -2.48. The average Bonchev–Trinajstić information content (AvgIpc) is 3.58. The first-order valence-corrected chi connectivity index (χ1v) is 22.5. The predicted octanol–water partition coefficient (Wildman–Crippen LogP) is 5.67. The Bertz CT molecular complexity index is 2080. The summed E-state index contributed by atoms with van der Waals surface area (Å²) in [6.07, 6.45) is -6.31. The molecule has 3 N–H and O–H groups in total. The molecule has 17 nitrogen and oxygen atoms in total. The Labute approximate surface area is 388 Å². The number of rotatable bonds is 11. The number of ether oxygens (including phenoxy) is 6. The van der Waals surface area contributed by atoms with Crippen molar-refractivity contribution in [1.82, 2.24) is 25.5 Å². The normalized spacial score (nSPS) is 34.3. The van der Waals surface area contributed by atoms with E-state index in [2.05, 4.69) is 20.6 Å². The Kier molecular flexibility index (Phi) is 17.2. The summed E-state index contributed by atoms with van der Waals surface area (Å²) in [6, 6.07) is 3.93. The number of nitrogens with zero attached hydrogens (tertiary/aromatic N) is 3. The molecule has 0 saturated carbocycles. The number of fused-ring (bicyclic) bond motifs is 1. The minimum Gasteiger partial charge on any atom is -0.461 e. The topological polar surface area (TPSA) is 214 Å². The molecular formula is C47H64F3N5O12. The summed E-state index contributed by atoms with van der Waals surface area (Å²) in [5.41, 5.74) is -3.62. The fourth-order valence-corrected chi connectivity index (χ4v) is 9.55. The monoisotopic (exact) mass is 947 g/mol. The van der Waals surface area contributed by atoms with Crippen LogP contribution in [0.15, 0.2) is 48.9 Å². The molecule has 2 amide bonds. The van der Waals surface area contributed by atoms with Crippen LogP contribution in [0.4, 0.5) is 22.8 Å². The van der Waals surface area contributed by atoms with Gasteiger partial charge in [-0.2, -0.15) is 13.2 Å². The highest BCUT2D eigenvalue weighted by Crippen LogP contribution is 2.42. The van der Waals surface area contributed by atoms with E-state index in [1.54, 1.807) is 74.0 Å². The van der Waals surface area contributed by atoms with Gasteiger partial charge in [0.05, 0.1) is 24.5 Å². The number of carbonyl (C=O) groups excluding carboxylic acids is 5. The van der Waals surface area contributed by atoms with E-state index in [0.29, 0.717) is 17.5 Å². The Balaban J connectivity index is 1.61. The van der Waals surface area contributed by atoms with Gasteiger partial charge in [0, 0.05) is 48.9 Å².